The maximum Gasteiger partial charge on any atom is 1.00 e. The molecule has 2 heterocycles. The van der Waals surface area contributed by atoms with E-state index in [9.17, 15) is 4.79 Å². The van der Waals surface area contributed by atoms with Gasteiger partial charge in [0.15, 0.2) is 6.03 Å². The van der Waals surface area contributed by atoms with Crippen LogP contribution in [0.1, 0.15) is 6.92 Å². The van der Waals surface area contributed by atoms with Gasteiger partial charge in [-0.2, -0.15) is 0 Å². The van der Waals surface area contributed by atoms with Gasteiger partial charge in [-0.1, -0.05) is 6.92 Å². The van der Waals surface area contributed by atoms with Crippen molar-refractivity contribution in [3.63, 3.8) is 0 Å². The molecule has 2 rings (SSSR count). The summed E-state index contributed by atoms with van der Waals surface area (Å²) in [7, 11) is 0. The minimum absolute atomic E-state index is 0. The number of nitrogens with zero attached hydrogens (tertiary/aromatic N) is 3. The van der Waals surface area contributed by atoms with Crippen molar-refractivity contribution in [2.45, 2.75) is 13.0 Å². The summed E-state index contributed by atoms with van der Waals surface area (Å²) < 4.78 is 0. The molecule has 0 bridgehead atoms. The number of hydrogen-bond donors (Lipinski definition) is 0. The molecular weight excluding hydrogens is 240 g/mol. The van der Waals surface area contributed by atoms with Crippen molar-refractivity contribution in [1.29, 1.82) is 0 Å². The summed E-state index contributed by atoms with van der Waals surface area (Å²) in [5.74, 6) is 0. The average molecular weight is 254 g/mol. The molecule has 2 aliphatic rings. The van der Waals surface area contributed by atoms with E-state index in [0.29, 0.717) is 12.6 Å². The van der Waals surface area contributed by atoms with Crippen LogP contribution in [0.3, 0.4) is 0 Å². The van der Waals surface area contributed by atoms with E-state index in [4.69, 9.17) is 0 Å². The Bertz CT molecular complexity index is 200. The molecule has 0 saturated carbocycles. The number of likely N-dealkylation sites (N-methyl/N-ethyl adjacent to an activating group) is 1. The number of hydrogen-bond acceptors (Lipinski definition) is 2. The van der Waals surface area contributed by atoms with Crippen LogP contribution in [0.5, 0.6) is 0 Å². The van der Waals surface area contributed by atoms with Gasteiger partial charge >= 0.3 is 58.2 Å². The SMILES string of the molecule is CCN1CCN2C(=O)[N-]CC2C1.[Rb+]. The van der Waals surface area contributed by atoms with E-state index in [1.165, 1.54) is 0 Å². The molecule has 5 heteroatoms. The Hall–Kier alpha value is 1.04. The largest absolute Gasteiger partial charge is 1.00 e. The topological polar surface area (TPSA) is 37.7 Å². The number of rotatable bonds is 1. The first-order valence-corrected chi connectivity index (χ1v) is 4.51. The normalized spacial score (nSPS) is 27.9. The van der Waals surface area contributed by atoms with Gasteiger partial charge in [0.1, 0.15) is 0 Å². The summed E-state index contributed by atoms with van der Waals surface area (Å²) in [4.78, 5) is 15.4. The second-order valence-corrected chi connectivity index (χ2v) is 3.36. The Balaban J connectivity index is 0.000000845. The molecule has 0 aliphatic carbocycles. The van der Waals surface area contributed by atoms with E-state index >= 15 is 0 Å². The second kappa shape index (κ2) is 5.21. The quantitative estimate of drug-likeness (QED) is 0.518. The number of piperazine rings is 1. The molecule has 2 amide bonds. The van der Waals surface area contributed by atoms with Gasteiger partial charge in [0.2, 0.25) is 0 Å². The van der Waals surface area contributed by atoms with Crippen molar-refractivity contribution in [2.75, 3.05) is 32.7 Å². The zero-order valence-corrected chi connectivity index (χ0v) is 13.3. The summed E-state index contributed by atoms with van der Waals surface area (Å²) in [6.07, 6.45) is 0. The van der Waals surface area contributed by atoms with E-state index in [1.54, 1.807) is 0 Å². The van der Waals surface area contributed by atoms with Crippen molar-refractivity contribution in [1.82, 2.24) is 9.80 Å². The third kappa shape index (κ3) is 2.53. The fraction of sp³-hybridized carbons (Fsp3) is 0.875. The van der Waals surface area contributed by atoms with E-state index < -0.39 is 0 Å². The van der Waals surface area contributed by atoms with Crippen molar-refractivity contribution in [2.24, 2.45) is 0 Å². The molecule has 1 unspecified atom stereocenters. The smallest absolute Gasteiger partial charge is 0.431 e. The van der Waals surface area contributed by atoms with Gasteiger partial charge in [0, 0.05) is 6.54 Å². The van der Waals surface area contributed by atoms with Gasteiger partial charge in [0.25, 0.3) is 0 Å². The fourth-order valence-electron chi connectivity index (χ4n) is 1.89. The number of fused-ring (bicyclic) bond motifs is 1. The zero-order chi connectivity index (χ0) is 8.55. The van der Waals surface area contributed by atoms with Gasteiger partial charge < -0.3 is 15.1 Å². The molecular formula is C8H14N3ORb. The Morgan fingerprint density at radius 1 is 1.54 bits per heavy atom. The molecule has 0 spiro atoms. The Labute approximate surface area is 128 Å². The molecule has 2 saturated heterocycles. The van der Waals surface area contributed by atoms with Crippen LogP contribution in [0.4, 0.5) is 4.79 Å². The van der Waals surface area contributed by atoms with Crippen LogP contribution in [-0.2, 0) is 0 Å². The summed E-state index contributed by atoms with van der Waals surface area (Å²) in [5, 5.41) is 3.91. The first-order chi connectivity index (χ1) is 5.81. The molecule has 0 N–H and O–H groups in total. The van der Waals surface area contributed by atoms with Crippen molar-refractivity contribution < 1.29 is 63.0 Å². The van der Waals surface area contributed by atoms with Crippen LogP contribution in [0.15, 0.2) is 0 Å². The molecule has 1 atom stereocenters. The van der Waals surface area contributed by atoms with E-state index in [-0.39, 0.29) is 64.2 Å². The van der Waals surface area contributed by atoms with Crippen molar-refractivity contribution in [3.8, 4) is 0 Å². The number of carbonyl (C=O) groups excluding carboxylic acids is 1. The fourth-order valence-corrected chi connectivity index (χ4v) is 1.89. The minimum atomic E-state index is -0.00393. The molecule has 0 aromatic carbocycles. The van der Waals surface area contributed by atoms with E-state index in [1.807, 2.05) is 4.90 Å². The summed E-state index contributed by atoms with van der Waals surface area (Å²) in [6.45, 7) is 6.82. The average Bonchev–Trinajstić information content (AvgIpc) is 2.47. The molecule has 0 aromatic rings. The maximum atomic E-state index is 11.1. The predicted molar refractivity (Wildman–Crippen MR) is 46.2 cm³/mol. The standard InChI is InChI=1S/C8H15N3O.Rb/c1-2-10-3-4-11-7(6-10)5-9-8(11)12;/h7H,2-6H2,1H3,(H,9,12);/q;+1/p-1. The van der Waals surface area contributed by atoms with Crippen molar-refractivity contribution >= 4 is 6.03 Å². The van der Waals surface area contributed by atoms with Gasteiger partial charge in [0.05, 0.1) is 0 Å². The third-order valence-electron chi connectivity index (χ3n) is 2.70. The third-order valence-corrected chi connectivity index (χ3v) is 2.70. The van der Waals surface area contributed by atoms with Gasteiger partial charge in [-0.25, -0.2) is 0 Å². The number of amides is 2. The van der Waals surface area contributed by atoms with Crippen LogP contribution in [0.2, 0.25) is 0 Å². The molecule has 0 aromatic heterocycles. The van der Waals surface area contributed by atoms with Gasteiger partial charge in [-0.3, -0.25) is 4.79 Å². The van der Waals surface area contributed by atoms with Gasteiger partial charge in [-0.05, 0) is 32.2 Å². The predicted octanol–water partition coefficient (Wildman–Crippen LogP) is -2.50. The summed E-state index contributed by atoms with van der Waals surface area (Å²) in [6, 6.07) is 0.363. The molecule has 2 fully saturated rings. The Morgan fingerprint density at radius 2 is 2.31 bits per heavy atom. The minimum Gasteiger partial charge on any atom is -0.431 e. The van der Waals surface area contributed by atoms with E-state index in [0.717, 1.165) is 26.2 Å². The van der Waals surface area contributed by atoms with Crippen LogP contribution in [0, 0.1) is 0 Å². The Kier molecular flexibility index (Phi) is 4.85. The molecule has 13 heavy (non-hydrogen) atoms. The summed E-state index contributed by atoms with van der Waals surface area (Å²) >= 11 is 0. The van der Waals surface area contributed by atoms with E-state index in [2.05, 4.69) is 17.1 Å². The van der Waals surface area contributed by atoms with Crippen molar-refractivity contribution in [3.05, 3.63) is 5.32 Å². The molecule has 0 radical (unpaired) electrons. The molecule has 68 valence electrons. The first-order valence-electron chi connectivity index (χ1n) is 4.51. The molecule has 2 aliphatic heterocycles. The second-order valence-electron chi connectivity index (χ2n) is 3.36. The number of carbonyl (C=O) groups is 1. The maximum absolute atomic E-state index is 11.1. The van der Waals surface area contributed by atoms with Crippen LogP contribution < -0.4 is 58.2 Å². The number of urea groups is 1. The van der Waals surface area contributed by atoms with Crippen LogP contribution >= 0.6 is 0 Å². The molecule has 4 nitrogen and oxygen atoms in total. The summed E-state index contributed by atoms with van der Waals surface area (Å²) in [5.41, 5.74) is 0. The van der Waals surface area contributed by atoms with Crippen LogP contribution in [-0.4, -0.2) is 54.6 Å². The monoisotopic (exact) mass is 253 g/mol. The van der Waals surface area contributed by atoms with Crippen LogP contribution in [0.25, 0.3) is 5.32 Å². The Morgan fingerprint density at radius 3 is 3.00 bits per heavy atom. The van der Waals surface area contributed by atoms with Gasteiger partial charge in [-0.15, -0.1) is 0 Å². The first kappa shape index (κ1) is 12.1. The zero-order valence-electron chi connectivity index (χ0n) is 8.36.